The number of likely N-dealkylation sites (N-methyl/N-ethyl adjacent to an activating group) is 1. The van der Waals surface area contributed by atoms with Gasteiger partial charge in [-0.1, -0.05) is 12.1 Å². The lowest BCUT2D eigenvalue weighted by molar-refractivity contribution is -0.384. The Balaban J connectivity index is 1.77. The van der Waals surface area contributed by atoms with Crippen LogP contribution in [0.15, 0.2) is 78.8 Å². The molecule has 0 radical (unpaired) electrons. The SMILES string of the molecule is CCN(CCc1ccncc1)C1=C(c2ccc([N+](=O)[O-])cc2)C(=O)N(c2cccc(C)c2)C1=O. The van der Waals surface area contributed by atoms with E-state index in [4.69, 9.17) is 0 Å². The van der Waals surface area contributed by atoms with Gasteiger partial charge in [0.15, 0.2) is 0 Å². The molecule has 2 amide bonds. The minimum atomic E-state index is -0.493. The molecule has 2 heterocycles. The molecule has 0 saturated carbocycles. The number of aromatic nitrogens is 1. The predicted molar refractivity (Wildman–Crippen MR) is 129 cm³/mol. The van der Waals surface area contributed by atoms with E-state index in [-0.39, 0.29) is 11.3 Å². The predicted octanol–water partition coefficient (Wildman–Crippen LogP) is 4.15. The van der Waals surface area contributed by atoms with Crippen molar-refractivity contribution in [3.05, 3.63) is 106 Å². The van der Waals surface area contributed by atoms with Gasteiger partial charge in [-0.2, -0.15) is 0 Å². The van der Waals surface area contributed by atoms with Crippen LogP contribution in [0.5, 0.6) is 0 Å². The molecule has 0 spiro atoms. The van der Waals surface area contributed by atoms with Crippen molar-refractivity contribution in [2.24, 2.45) is 0 Å². The zero-order chi connectivity index (χ0) is 24.2. The lowest BCUT2D eigenvalue weighted by Crippen LogP contribution is -2.36. The fourth-order valence-corrected chi connectivity index (χ4v) is 4.06. The maximum absolute atomic E-state index is 13.7. The van der Waals surface area contributed by atoms with Crippen molar-refractivity contribution < 1.29 is 14.5 Å². The molecule has 1 aromatic heterocycles. The Morgan fingerprint density at radius 3 is 2.32 bits per heavy atom. The van der Waals surface area contributed by atoms with E-state index in [0.717, 1.165) is 11.1 Å². The van der Waals surface area contributed by atoms with Gasteiger partial charge in [0.2, 0.25) is 0 Å². The second-order valence-electron chi connectivity index (χ2n) is 8.00. The number of benzene rings is 2. The van der Waals surface area contributed by atoms with Gasteiger partial charge in [0, 0.05) is 37.6 Å². The lowest BCUT2D eigenvalue weighted by atomic mass is 10.0. The molecule has 1 aliphatic rings. The molecule has 1 aliphatic heterocycles. The minimum Gasteiger partial charge on any atom is -0.366 e. The third-order valence-electron chi connectivity index (χ3n) is 5.80. The highest BCUT2D eigenvalue weighted by atomic mass is 16.6. The minimum absolute atomic E-state index is 0.0803. The van der Waals surface area contributed by atoms with Gasteiger partial charge in [-0.05, 0) is 73.4 Å². The Morgan fingerprint density at radius 1 is 1.00 bits per heavy atom. The van der Waals surface area contributed by atoms with E-state index in [1.807, 2.05) is 36.9 Å². The summed E-state index contributed by atoms with van der Waals surface area (Å²) in [7, 11) is 0. The highest BCUT2D eigenvalue weighted by Gasteiger charge is 2.42. The molecule has 3 aromatic rings. The molecular formula is C26H24N4O4. The molecule has 0 bridgehead atoms. The summed E-state index contributed by atoms with van der Waals surface area (Å²) in [6.45, 7) is 4.86. The molecule has 2 aromatic carbocycles. The normalized spacial score (nSPS) is 13.5. The summed E-state index contributed by atoms with van der Waals surface area (Å²) >= 11 is 0. The highest BCUT2D eigenvalue weighted by Crippen LogP contribution is 2.35. The van der Waals surface area contributed by atoms with Crippen molar-refractivity contribution in [2.75, 3.05) is 18.0 Å². The summed E-state index contributed by atoms with van der Waals surface area (Å²) < 4.78 is 0. The smallest absolute Gasteiger partial charge is 0.282 e. The first-order valence-electron chi connectivity index (χ1n) is 11.0. The molecule has 8 heteroatoms. The number of aryl methyl sites for hydroxylation is 1. The molecule has 0 saturated heterocycles. The van der Waals surface area contributed by atoms with E-state index in [1.54, 1.807) is 30.6 Å². The Morgan fingerprint density at radius 2 is 1.71 bits per heavy atom. The first-order valence-corrected chi connectivity index (χ1v) is 11.0. The van der Waals surface area contributed by atoms with E-state index in [1.165, 1.54) is 29.2 Å². The zero-order valence-electron chi connectivity index (χ0n) is 19.0. The Bertz CT molecular complexity index is 1270. The van der Waals surface area contributed by atoms with Gasteiger partial charge in [-0.3, -0.25) is 24.7 Å². The van der Waals surface area contributed by atoms with Gasteiger partial charge >= 0.3 is 0 Å². The number of hydrogen-bond acceptors (Lipinski definition) is 6. The number of nitro benzene ring substituents is 1. The summed E-state index contributed by atoms with van der Waals surface area (Å²) in [6, 6.07) is 16.8. The quantitative estimate of drug-likeness (QED) is 0.287. The van der Waals surface area contributed by atoms with Crippen LogP contribution < -0.4 is 4.90 Å². The number of pyridine rings is 1. The first-order chi connectivity index (χ1) is 16.4. The Hall–Kier alpha value is -4.33. The fourth-order valence-electron chi connectivity index (χ4n) is 4.06. The van der Waals surface area contributed by atoms with Crippen LogP contribution >= 0.6 is 0 Å². The van der Waals surface area contributed by atoms with Crippen molar-refractivity contribution in [2.45, 2.75) is 20.3 Å². The number of nitrogens with zero attached hydrogens (tertiary/aromatic N) is 4. The first kappa shape index (κ1) is 22.8. The highest BCUT2D eigenvalue weighted by molar-refractivity contribution is 6.45. The van der Waals surface area contributed by atoms with Gasteiger partial charge in [-0.15, -0.1) is 0 Å². The molecule has 34 heavy (non-hydrogen) atoms. The van der Waals surface area contributed by atoms with Gasteiger partial charge in [-0.25, -0.2) is 4.90 Å². The van der Waals surface area contributed by atoms with Crippen molar-refractivity contribution in [3.8, 4) is 0 Å². The Kier molecular flexibility index (Phi) is 6.49. The van der Waals surface area contributed by atoms with Crippen LogP contribution in [0.3, 0.4) is 0 Å². The van der Waals surface area contributed by atoms with E-state index < -0.39 is 16.7 Å². The average molecular weight is 457 g/mol. The second kappa shape index (κ2) is 9.66. The zero-order valence-corrected chi connectivity index (χ0v) is 19.0. The molecule has 0 N–H and O–H groups in total. The maximum Gasteiger partial charge on any atom is 0.282 e. The summed E-state index contributed by atoms with van der Waals surface area (Å²) in [6.07, 6.45) is 4.10. The molecule has 8 nitrogen and oxygen atoms in total. The largest absolute Gasteiger partial charge is 0.366 e. The summed E-state index contributed by atoms with van der Waals surface area (Å²) in [4.78, 5) is 45.1. The third-order valence-corrected chi connectivity index (χ3v) is 5.80. The lowest BCUT2D eigenvalue weighted by Gasteiger charge is -2.25. The van der Waals surface area contributed by atoms with Gasteiger partial charge in [0.25, 0.3) is 17.5 Å². The van der Waals surface area contributed by atoms with Crippen LogP contribution in [-0.4, -0.2) is 39.7 Å². The molecule has 4 rings (SSSR count). The standard InChI is InChI=1S/C26H24N4O4/c1-3-28(16-13-19-11-14-27-15-12-19)24-23(20-7-9-21(10-8-20)30(33)34)25(31)29(26(24)32)22-6-4-5-18(2)17-22/h4-12,14-15,17H,3,13,16H2,1-2H3. The molecule has 0 atom stereocenters. The second-order valence-corrected chi connectivity index (χ2v) is 8.00. The van der Waals surface area contributed by atoms with Crippen molar-refractivity contribution >= 4 is 28.8 Å². The topological polar surface area (TPSA) is 96.7 Å². The number of nitro groups is 1. The van der Waals surface area contributed by atoms with E-state index in [9.17, 15) is 19.7 Å². The van der Waals surface area contributed by atoms with Gasteiger partial charge in [0.05, 0.1) is 16.2 Å². The van der Waals surface area contributed by atoms with Gasteiger partial charge < -0.3 is 4.90 Å². The summed E-state index contributed by atoms with van der Waals surface area (Å²) in [5, 5.41) is 11.1. The average Bonchev–Trinajstić information content (AvgIpc) is 3.10. The monoisotopic (exact) mass is 456 g/mol. The van der Waals surface area contributed by atoms with Crippen molar-refractivity contribution in [3.63, 3.8) is 0 Å². The number of imide groups is 1. The fraction of sp³-hybridized carbons (Fsp3) is 0.192. The van der Waals surface area contributed by atoms with Crippen molar-refractivity contribution in [1.82, 2.24) is 9.88 Å². The number of anilines is 1. The third kappa shape index (κ3) is 4.43. The number of rotatable bonds is 8. The van der Waals surface area contributed by atoms with Crippen LogP contribution in [-0.2, 0) is 16.0 Å². The summed E-state index contributed by atoms with van der Waals surface area (Å²) in [5.74, 6) is -0.845. The molecular weight excluding hydrogens is 432 g/mol. The van der Waals surface area contributed by atoms with Crippen molar-refractivity contribution in [1.29, 1.82) is 0 Å². The molecule has 0 fully saturated rings. The Labute approximate surface area is 197 Å². The number of carbonyl (C=O) groups excluding carboxylic acids is 2. The van der Waals surface area contributed by atoms with Crippen LogP contribution in [0.2, 0.25) is 0 Å². The number of carbonyl (C=O) groups is 2. The van der Waals surface area contributed by atoms with Crippen LogP contribution in [0, 0.1) is 17.0 Å². The molecule has 172 valence electrons. The number of non-ortho nitro benzene ring substituents is 1. The van der Waals surface area contributed by atoms with Crippen LogP contribution in [0.1, 0.15) is 23.6 Å². The molecule has 0 unspecified atom stereocenters. The van der Waals surface area contributed by atoms with Gasteiger partial charge in [0.1, 0.15) is 5.70 Å². The van der Waals surface area contributed by atoms with E-state index >= 15 is 0 Å². The molecule has 0 aliphatic carbocycles. The van der Waals surface area contributed by atoms with Crippen LogP contribution in [0.4, 0.5) is 11.4 Å². The number of amides is 2. The van der Waals surface area contributed by atoms with E-state index in [2.05, 4.69) is 4.98 Å². The van der Waals surface area contributed by atoms with Crippen LogP contribution in [0.25, 0.3) is 5.57 Å². The van der Waals surface area contributed by atoms with E-state index in [0.29, 0.717) is 36.5 Å². The summed E-state index contributed by atoms with van der Waals surface area (Å²) in [5.41, 5.74) is 3.43. The maximum atomic E-state index is 13.7. The number of hydrogen-bond donors (Lipinski definition) is 0.